The maximum Gasteiger partial charge on any atom is 0.279 e. The lowest BCUT2D eigenvalue weighted by Crippen LogP contribution is -2.87. The number of benzene rings is 3. The van der Waals surface area contributed by atoms with E-state index >= 15 is 0 Å². The molecule has 0 aliphatic carbocycles. The second-order valence-corrected chi connectivity index (χ2v) is 7.04. The van der Waals surface area contributed by atoms with Crippen molar-refractivity contribution in [2.45, 2.75) is 19.9 Å². The number of quaternary nitrogens is 1. The molecule has 29 heavy (non-hydrogen) atoms. The van der Waals surface area contributed by atoms with Crippen molar-refractivity contribution >= 4 is 17.3 Å². The van der Waals surface area contributed by atoms with Gasteiger partial charge in [-0.1, -0.05) is 66.2 Å². The number of nitro groups is 1. The van der Waals surface area contributed by atoms with E-state index in [2.05, 4.69) is 29.6 Å². The minimum Gasteiger partial charge on any atom is -0.328 e. The summed E-state index contributed by atoms with van der Waals surface area (Å²) in [5, 5.41) is 15.8. The highest BCUT2D eigenvalue weighted by Crippen LogP contribution is 2.22. The normalized spacial score (nSPS) is 11.7. The Hall–Kier alpha value is -3.51. The molecule has 6 nitrogen and oxygen atoms in total. The van der Waals surface area contributed by atoms with Crippen LogP contribution in [0.3, 0.4) is 0 Å². The summed E-state index contributed by atoms with van der Waals surface area (Å²) < 4.78 is 0. The molecule has 0 spiro atoms. The zero-order valence-electron chi connectivity index (χ0n) is 16.5. The summed E-state index contributed by atoms with van der Waals surface area (Å²) in [7, 11) is 0. The zero-order valence-corrected chi connectivity index (χ0v) is 16.5. The van der Waals surface area contributed by atoms with Gasteiger partial charge in [0.25, 0.3) is 11.6 Å². The third-order valence-corrected chi connectivity index (χ3v) is 4.84. The predicted molar refractivity (Wildman–Crippen MR) is 113 cm³/mol. The van der Waals surface area contributed by atoms with E-state index in [1.807, 2.05) is 49.5 Å². The van der Waals surface area contributed by atoms with Gasteiger partial charge in [0.15, 0.2) is 6.54 Å². The first-order chi connectivity index (χ1) is 13.9. The quantitative estimate of drug-likeness (QED) is 0.478. The van der Waals surface area contributed by atoms with Gasteiger partial charge in [-0.3, -0.25) is 14.9 Å². The molecule has 0 unspecified atom stereocenters. The van der Waals surface area contributed by atoms with Crippen molar-refractivity contribution in [2.75, 3.05) is 11.9 Å². The Morgan fingerprint density at radius 2 is 1.66 bits per heavy atom. The molecular weight excluding hydrogens is 366 g/mol. The number of hydrogen-bond acceptors (Lipinski definition) is 3. The van der Waals surface area contributed by atoms with E-state index < -0.39 is 4.92 Å². The van der Waals surface area contributed by atoms with E-state index in [1.54, 1.807) is 6.07 Å². The smallest absolute Gasteiger partial charge is 0.279 e. The molecule has 3 rings (SSSR count). The number of amides is 1. The summed E-state index contributed by atoms with van der Waals surface area (Å²) >= 11 is 0. The van der Waals surface area contributed by atoms with E-state index in [-0.39, 0.29) is 24.2 Å². The van der Waals surface area contributed by atoms with E-state index in [9.17, 15) is 14.9 Å². The van der Waals surface area contributed by atoms with Crippen LogP contribution in [0.1, 0.15) is 28.3 Å². The fourth-order valence-corrected chi connectivity index (χ4v) is 3.18. The fourth-order valence-electron chi connectivity index (χ4n) is 3.18. The van der Waals surface area contributed by atoms with Crippen LogP contribution >= 0.6 is 0 Å². The monoisotopic (exact) mass is 390 g/mol. The number of aryl methyl sites for hydroxylation is 2. The van der Waals surface area contributed by atoms with Crippen molar-refractivity contribution < 1.29 is 15.0 Å². The molecule has 0 fully saturated rings. The van der Waals surface area contributed by atoms with Crippen LogP contribution in [0.4, 0.5) is 11.4 Å². The Morgan fingerprint density at radius 3 is 2.31 bits per heavy atom. The Balaban J connectivity index is 1.74. The van der Waals surface area contributed by atoms with E-state index in [1.165, 1.54) is 17.7 Å². The number of carbonyl (C=O) groups is 1. The van der Waals surface area contributed by atoms with Gasteiger partial charge in [0.1, 0.15) is 6.04 Å². The molecule has 0 aliphatic rings. The van der Waals surface area contributed by atoms with Gasteiger partial charge in [0.2, 0.25) is 0 Å². The van der Waals surface area contributed by atoms with Crippen LogP contribution in [-0.2, 0) is 4.79 Å². The minimum atomic E-state index is -0.468. The van der Waals surface area contributed by atoms with Crippen molar-refractivity contribution in [3.63, 3.8) is 0 Å². The summed E-state index contributed by atoms with van der Waals surface area (Å²) in [6.45, 7) is 4.04. The maximum atomic E-state index is 12.6. The molecule has 0 radical (unpaired) electrons. The van der Waals surface area contributed by atoms with Crippen LogP contribution in [0.15, 0.2) is 72.8 Å². The van der Waals surface area contributed by atoms with Crippen LogP contribution in [-0.4, -0.2) is 17.4 Å². The number of anilines is 1. The lowest BCUT2D eigenvalue weighted by Gasteiger charge is -2.17. The highest BCUT2D eigenvalue weighted by molar-refractivity contribution is 5.92. The molecule has 3 N–H and O–H groups in total. The van der Waals surface area contributed by atoms with Crippen molar-refractivity contribution in [1.29, 1.82) is 0 Å². The Labute approximate surface area is 169 Å². The molecule has 148 valence electrons. The average molecular weight is 390 g/mol. The van der Waals surface area contributed by atoms with Gasteiger partial charge in [-0.2, -0.15) is 0 Å². The number of hydrogen-bond donors (Lipinski definition) is 2. The summed E-state index contributed by atoms with van der Waals surface area (Å²) in [4.78, 5) is 23.1. The highest BCUT2D eigenvalue weighted by atomic mass is 16.6. The molecule has 0 aliphatic heterocycles. The molecule has 3 aromatic carbocycles. The van der Waals surface area contributed by atoms with E-state index in [4.69, 9.17) is 0 Å². The maximum absolute atomic E-state index is 12.6. The third-order valence-electron chi connectivity index (χ3n) is 4.84. The van der Waals surface area contributed by atoms with Gasteiger partial charge >= 0.3 is 0 Å². The highest BCUT2D eigenvalue weighted by Gasteiger charge is 2.19. The largest absolute Gasteiger partial charge is 0.328 e. The molecule has 0 bridgehead atoms. The third kappa shape index (κ3) is 5.27. The zero-order chi connectivity index (χ0) is 20.8. The molecular formula is C23H24N3O3+. The molecule has 1 amide bonds. The van der Waals surface area contributed by atoms with Crippen LogP contribution in [0.25, 0.3) is 0 Å². The molecule has 0 saturated carbocycles. The lowest BCUT2D eigenvalue weighted by molar-refractivity contribution is -0.676. The van der Waals surface area contributed by atoms with Crippen molar-refractivity contribution in [2.24, 2.45) is 0 Å². The number of nitrogens with two attached hydrogens (primary N) is 1. The topological polar surface area (TPSA) is 88.8 Å². The Bertz CT molecular complexity index is 1000. The molecule has 0 aromatic heterocycles. The first kappa shape index (κ1) is 20.2. The minimum absolute atomic E-state index is 0.0197. The average Bonchev–Trinajstić information content (AvgIpc) is 2.71. The number of nitro benzene ring substituents is 1. The first-order valence-corrected chi connectivity index (χ1v) is 9.44. The van der Waals surface area contributed by atoms with Gasteiger partial charge in [-0.25, -0.2) is 0 Å². The SMILES string of the molecule is Cc1ccc([C@@H]([NH2+]CC(=O)Nc2cc([N+](=O)[O-])ccc2C)c2ccccc2)cc1. The Kier molecular flexibility index (Phi) is 6.36. The summed E-state index contributed by atoms with van der Waals surface area (Å²) in [5.41, 5.74) is 4.60. The van der Waals surface area contributed by atoms with Gasteiger partial charge in [-0.05, 0) is 19.4 Å². The van der Waals surface area contributed by atoms with Gasteiger partial charge in [0, 0.05) is 23.3 Å². The number of nitrogens with zero attached hydrogens (tertiary/aromatic N) is 1. The first-order valence-electron chi connectivity index (χ1n) is 9.44. The van der Waals surface area contributed by atoms with Gasteiger partial charge in [0.05, 0.1) is 10.6 Å². The van der Waals surface area contributed by atoms with Crippen LogP contribution < -0.4 is 10.6 Å². The summed E-state index contributed by atoms with van der Waals surface area (Å²) in [6, 6.07) is 22.7. The molecule has 3 aromatic rings. The lowest BCUT2D eigenvalue weighted by atomic mass is 9.98. The standard InChI is InChI=1S/C23H23N3O3/c1-16-8-11-19(12-9-16)23(18-6-4-3-5-7-18)24-15-22(27)25-21-14-20(26(28)29)13-10-17(21)2/h3-14,23-24H,15H2,1-2H3,(H,25,27)/p+1/t23-/m0/s1. The molecule has 0 saturated heterocycles. The predicted octanol–water partition coefficient (Wildman–Crippen LogP) is 3.50. The molecule has 6 heteroatoms. The van der Waals surface area contributed by atoms with Crippen LogP contribution in [0, 0.1) is 24.0 Å². The molecule has 0 heterocycles. The van der Waals surface area contributed by atoms with Gasteiger partial charge in [-0.15, -0.1) is 0 Å². The van der Waals surface area contributed by atoms with Crippen molar-refractivity contribution in [3.8, 4) is 0 Å². The number of nitrogens with one attached hydrogen (secondary N) is 1. The molecule has 1 atom stereocenters. The van der Waals surface area contributed by atoms with Crippen molar-refractivity contribution in [3.05, 3.63) is 105 Å². The number of rotatable bonds is 7. The Morgan fingerprint density at radius 1 is 1.00 bits per heavy atom. The number of non-ortho nitro benzene ring substituents is 1. The van der Waals surface area contributed by atoms with Crippen molar-refractivity contribution in [1.82, 2.24) is 0 Å². The van der Waals surface area contributed by atoms with Gasteiger partial charge < -0.3 is 10.6 Å². The van der Waals surface area contributed by atoms with E-state index in [0.29, 0.717) is 5.69 Å². The summed E-state index contributed by atoms with van der Waals surface area (Å²) in [6.07, 6.45) is 0. The van der Waals surface area contributed by atoms with Crippen LogP contribution in [0.2, 0.25) is 0 Å². The summed E-state index contributed by atoms with van der Waals surface area (Å²) in [5.74, 6) is -0.207. The fraction of sp³-hybridized carbons (Fsp3) is 0.174. The number of carbonyl (C=O) groups excluding carboxylic acids is 1. The second-order valence-electron chi connectivity index (χ2n) is 7.04. The second kappa shape index (κ2) is 9.12. The van der Waals surface area contributed by atoms with Crippen LogP contribution in [0.5, 0.6) is 0 Å². The van der Waals surface area contributed by atoms with E-state index in [0.717, 1.165) is 16.7 Å².